The Morgan fingerprint density at radius 1 is 1.21 bits per heavy atom. The van der Waals surface area contributed by atoms with E-state index in [2.05, 4.69) is 42.3 Å². The van der Waals surface area contributed by atoms with Crippen LogP contribution in [0.3, 0.4) is 0 Å². The Morgan fingerprint density at radius 2 is 2.00 bits per heavy atom. The molecule has 3 aromatic heterocycles. The molecule has 5 nitrogen and oxygen atoms in total. The van der Waals surface area contributed by atoms with Crippen molar-refractivity contribution in [1.29, 1.82) is 0 Å². The molecule has 0 amide bonds. The second-order valence-corrected chi connectivity index (χ2v) is 11.5. The van der Waals surface area contributed by atoms with Gasteiger partial charge in [-0.05, 0) is 42.6 Å². The summed E-state index contributed by atoms with van der Waals surface area (Å²) in [6, 6.07) is 0. The molecule has 0 aliphatic heterocycles. The number of rotatable bonds is 6. The van der Waals surface area contributed by atoms with E-state index >= 15 is 0 Å². The average Bonchev–Trinajstić information content (AvgIpc) is 3.26. The minimum atomic E-state index is 0.0751. The zero-order chi connectivity index (χ0) is 20.8. The van der Waals surface area contributed by atoms with Gasteiger partial charge in [-0.15, -0.1) is 21.5 Å². The van der Waals surface area contributed by atoms with Crippen LogP contribution in [-0.2, 0) is 19.9 Å². The van der Waals surface area contributed by atoms with Gasteiger partial charge in [-0.2, -0.15) is 0 Å². The van der Waals surface area contributed by atoms with Gasteiger partial charge >= 0.3 is 0 Å². The number of aryl methyl sites for hydroxylation is 2. The van der Waals surface area contributed by atoms with Crippen molar-refractivity contribution in [1.82, 2.24) is 19.2 Å². The van der Waals surface area contributed by atoms with Crippen LogP contribution in [0.25, 0.3) is 16.0 Å². The fraction of sp³-hybridized carbons (Fsp3) is 0.682. The van der Waals surface area contributed by atoms with Gasteiger partial charge in [0.1, 0.15) is 4.83 Å². The molecule has 0 saturated carbocycles. The third-order valence-corrected chi connectivity index (χ3v) is 8.59. The summed E-state index contributed by atoms with van der Waals surface area (Å²) in [6.45, 7) is 9.24. The van der Waals surface area contributed by atoms with Crippen molar-refractivity contribution in [2.24, 2.45) is 18.4 Å². The molecule has 0 aromatic carbocycles. The van der Waals surface area contributed by atoms with E-state index in [-0.39, 0.29) is 5.56 Å². The van der Waals surface area contributed by atoms with Gasteiger partial charge in [0.25, 0.3) is 5.56 Å². The Hall–Kier alpha value is -1.34. The smallest absolute Gasteiger partial charge is 0.263 e. The Bertz CT molecular complexity index is 1090. The number of thiophene rings is 1. The van der Waals surface area contributed by atoms with Crippen molar-refractivity contribution in [3.63, 3.8) is 0 Å². The fourth-order valence-electron chi connectivity index (χ4n) is 4.39. The number of aromatic nitrogens is 4. The van der Waals surface area contributed by atoms with Gasteiger partial charge in [-0.3, -0.25) is 9.36 Å². The fourth-order valence-corrected chi connectivity index (χ4v) is 6.80. The van der Waals surface area contributed by atoms with E-state index in [1.54, 1.807) is 27.7 Å². The van der Waals surface area contributed by atoms with E-state index in [9.17, 15) is 4.79 Å². The van der Waals surface area contributed by atoms with Crippen LogP contribution < -0.4 is 5.56 Å². The molecule has 0 saturated heterocycles. The molecule has 1 aliphatic carbocycles. The van der Waals surface area contributed by atoms with Crippen LogP contribution in [0, 0.1) is 11.3 Å². The lowest BCUT2D eigenvalue weighted by Gasteiger charge is -2.33. The summed E-state index contributed by atoms with van der Waals surface area (Å²) >= 11 is 3.56. The largest absolute Gasteiger partial charge is 0.279 e. The zero-order valence-corrected chi connectivity index (χ0v) is 19.9. The molecular weight excluding hydrogens is 400 g/mol. The predicted octanol–water partition coefficient (Wildman–Crippen LogP) is 5.47. The maximum atomic E-state index is 13.2. The van der Waals surface area contributed by atoms with Gasteiger partial charge in [0.05, 0.1) is 5.39 Å². The molecule has 0 unspecified atom stereocenters. The average molecular weight is 433 g/mol. The summed E-state index contributed by atoms with van der Waals surface area (Å²) in [5.74, 6) is 2.36. The number of hydrogen-bond donors (Lipinski definition) is 0. The Labute approximate surface area is 180 Å². The molecule has 0 bridgehead atoms. The summed E-state index contributed by atoms with van der Waals surface area (Å²) in [4.78, 5) is 15.6. The third kappa shape index (κ3) is 3.76. The van der Waals surface area contributed by atoms with Crippen LogP contribution in [0.5, 0.6) is 0 Å². The van der Waals surface area contributed by atoms with Gasteiger partial charge < -0.3 is 0 Å². The molecule has 1 atom stereocenters. The Morgan fingerprint density at radius 3 is 2.72 bits per heavy atom. The summed E-state index contributed by atoms with van der Waals surface area (Å²) in [5.41, 5.74) is 1.65. The van der Waals surface area contributed by atoms with Crippen LogP contribution in [0.4, 0.5) is 0 Å². The van der Waals surface area contributed by atoms with Crippen LogP contribution in [0.15, 0.2) is 9.95 Å². The SMILES string of the molecule is CCCCCCSc1nnc2n(C)c(=O)c3c4c(sc3n12)C[C@H](C(C)(C)C)CC4. The van der Waals surface area contributed by atoms with Gasteiger partial charge in [0.2, 0.25) is 5.78 Å². The second kappa shape index (κ2) is 8.06. The van der Waals surface area contributed by atoms with Gasteiger partial charge in [0, 0.05) is 17.7 Å². The molecule has 158 valence electrons. The van der Waals surface area contributed by atoms with E-state index in [1.165, 1.54) is 36.1 Å². The summed E-state index contributed by atoms with van der Waals surface area (Å²) in [7, 11) is 1.83. The monoisotopic (exact) mass is 432 g/mol. The van der Waals surface area contributed by atoms with Crippen molar-refractivity contribution in [3.8, 4) is 0 Å². The summed E-state index contributed by atoms with van der Waals surface area (Å²) in [5, 5.41) is 10.6. The lowest BCUT2D eigenvalue weighted by Crippen LogP contribution is -2.27. The minimum absolute atomic E-state index is 0.0751. The lowest BCUT2D eigenvalue weighted by molar-refractivity contribution is 0.218. The molecule has 3 aromatic rings. The number of hydrogen-bond acceptors (Lipinski definition) is 5. The number of thioether (sulfide) groups is 1. The van der Waals surface area contributed by atoms with E-state index < -0.39 is 0 Å². The molecular formula is C22H32N4OS2. The molecule has 0 fully saturated rings. The number of unbranched alkanes of at least 4 members (excludes halogenated alkanes) is 3. The zero-order valence-electron chi connectivity index (χ0n) is 18.2. The van der Waals surface area contributed by atoms with Crippen LogP contribution in [0.2, 0.25) is 0 Å². The molecule has 0 N–H and O–H groups in total. The molecule has 0 spiro atoms. The number of nitrogens with zero attached hydrogens (tertiary/aromatic N) is 4. The van der Waals surface area contributed by atoms with E-state index in [1.807, 2.05) is 7.05 Å². The highest BCUT2D eigenvalue weighted by Crippen LogP contribution is 2.43. The van der Waals surface area contributed by atoms with E-state index in [0.29, 0.717) is 17.1 Å². The highest BCUT2D eigenvalue weighted by molar-refractivity contribution is 7.99. The van der Waals surface area contributed by atoms with Crippen LogP contribution in [-0.4, -0.2) is 24.9 Å². The first-order valence-corrected chi connectivity index (χ1v) is 12.6. The van der Waals surface area contributed by atoms with Gasteiger partial charge in [-0.1, -0.05) is 58.7 Å². The molecule has 1 aliphatic rings. The molecule has 4 rings (SSSR count). The first kappa shape index (κ1) is 20.9. The van der Waals surface area contributed by atoms with Crippen molar-refractivity contribution in [2.45, 2.75) is 77.8 Å². The highest BCUT2D eigenvalue weighted by Gasteiger charge is 2.32. The van der Waals surface area contributed by atoms with Crippen LogP contribution >= 0.6 is 23.1 Å². The number of fused-ring (bicyclic) bond motifs is 5. The Balaban J connectivity index is 1.77. The maximum absolute atomic E-state index is 13.2. The standard InChI is InChI=1S/C22H32N4OS2/c1-6-7-8-9-12-28-21-24-23-20-25(5)18(27)17-15-11-10-14(22(2,3)4)13-16(15)29-19(17)26(20)21/h14H,6-13H2,1-5H3/t14-/m1/s1. The lowest BCUT2D eigenvalue weighted by atomic mass is 9.72. The molecule has 29 heavy (non-hydrogen) atoms. The highest BCUT2D eigenvalue weighted by atomic mass is 32.2. The summed E-state index contributed by atoms with van der Waals surface area (Å²) in [6.07, 6.45) is 8.21. The second-order valence-electron chi connectivity index (χ2n) is 9.38. The quantitative estimate of drug-likeness (QED) is 0.383. The predicted molar refractivity (Wildman–Crippen MR) is 123 cm³/mol. The minimum Gasteiger partial charge on any atom is -0.279 e. The van der Waals surface area contributed by atoms with Gasteiger partial charge in [0.15, 0.2) is 5.16 Å². The maximum Gasteiger partial charge on any atom is 0.263 e. The molecule has 0 radical (unpaired) electrons. The van der Waals surface area contributed by atoms with Gasteiger partial charge in [-0.25, -0.2) is 4.40 Å². The van der Waals surface area contributed by atoms with Crippen molar-refractivity contribution in [2.75, 3.05) is 5.75 Å². The summed E-state index contributed by atoms with van der Waals surface area (Å²) < 4.78 is 3.82. The van der Waals surface area contributed by atoms with Crippen molar-refractivity contribution in [3.05, 3.63) is 20.8 Å². The van der Waals surface area contributed by atoms with E-state index in [4.69, 9.17) is 0 Å². The van der Waals surface area contributed by atoms with Crippen molar-refractivity contribution < 1.29 is 0 Å². The van der Waals surface area contributed by atoms with E-state index in [0.717, 1.165) is 40.4 Å². The Kier molecular flexibility index (Phi) is 5.81. The third-order valence-electron chi connectivity index (χ3n) is 6.34. The van der Waals surface area contributed by atoms with Crippen LogP contribution in [0.1, 0.15) is 70.2 Å². The first-order valence-electron chi connectivity index (χ1n) is 10.8. The molecule has 7 heteroatoms. The topological polar surface area (TPSA) is 52.2 Å². The first-order chi connectivity index (χ1) is 13.8. The van der Waals surface area contributed by atoms with Crippen molar-refractivity contribution >= 4 is 39.1 Å². The molecule has 3 heterocycles. The normalized spacial score (nSPS) is 17.3.